The summed E-state index contributed by atoms with van der Waals surface area (Å²) in [6.45, 7) is 18.9. The van der Waals surface area contributed by atoms with E-state index in [1.807, 2.05) is 53.7 Å². The van der Waals surface area contributed by atoms with E-state index in [1.165, 1.54) is 18.1 Å². The van der Waals surface area contributed by atoms with Gasteiger partial charge in [-0.2, -0.15) is 0 Å². The zero-order valence-corrected chi connectivity index (χ0v) is 28.0. The third kappa shape index (κ3) is 10.8. The predicted octanol–water partition coefficient (Wildman–Crippen LogP) is 7.36. The van der Waals surface area contributed by atoms with Crippen molar-refractivity contribution in [1.29, 1.82) is 0 Å². The summed E-state index contributed by atoms with van der Waals surface area (Å²) in [6, 6.07) is 20.2. The molecule has 4 N–H and O–H groups in total. The monoisotopic (exact) mass is 603 g/mol. The molecule has 0 saturated carbocycles. The third-order valence-corrected chi connectivity index (χ3v) is 7.86. The second-order valence-electron chi connectivity index (χ2n) is 10.8. The molecule has 0 saturated heterocycles. The molecule has 0 heterocycles. The van der Waals surface area contributed by atoms with Crippen LogP contribution in [0.25, 0.3) is 5.57 Å². The van der Waals surface area contributed by atoms with Gasteiger partial charge in [-0.25, -0.2) is 8.93 Å². The number of rotatable bonds is 9. The van der Waals surface area contributed by atoms with Crippen molar-refractivity contribution in [2.45, 2.75) is 77.8 Å². The van der Waals surface area contributed by atoms with Crippen LogP contribution >= 0.6 is 0 Å². The molecule has 2 unspecified atom stereocenters. The van der Waals surface area contributed by atoms with E-state index >= 15 is 0 Å². The van der Waals surface area contributed by atoms with Crippen LogP contribution in [0.15, 0.2) is 95.3 Å². The zero-order chi connectivity index (χ0) is 32.8. The molecule has 2 atom stereocenters. The molecular weight excluding hydrogens is 554 g/mol. The smallest absolute Gasteiger partial charge is 0.173 e. The first-order chi connectivity index (χ1) is 20.3. The van der Waals surface area contributed by atoms with Gasteiger partial charge in [-0.15, -0.1) is 0 Å². The number of carbonyl (C=O) groups excluding carboxylic acids is 1. The van der Waals surface area contributed by atoms with Crippen LogP contribution in [0.5, 0.6) is 0 Å². The van der Waals surface area contributed by atoms with E-state index in [9.17, 15) is 14.1 Å². The highest BCUT2D eigenvalue weighted by molar-refractivity contribution is 7.83. The summed E-state index contributed by atoms with van der Waals surface area (Å²) >= 11 is 0. The van der Waals surface area contributed by atoms with Gasteiger partial charge in [-0.1, -0.05) is 75.9 Å². The molecule has 0 aliphatic rings. The van der Waals surface area contributed by atoms with Gasteiger partial charge in [0.2, 0.25) is 0 Å². The minimum Gasteiger partial charge on any atom is -0.399 e. The fourth-order valence-corrected chi connectivity index (χ4v) is 5.16. The molecule has 0 radical (unpaired) electrons. The van der Waals surface area contributed by atoms with Crippen LogP contribution < -0.4 is 10.5 Å². The number of benzene rings is 3. The Kier molecular flexibility index (Phi) is 15.2. The van der Waals surface area contributed by atoms with Crippen molar-refractivity contribution in [2.75, 3.05) is 12.8 Å². The number of carbonyl (C=O) groups is 1. The van der Waals surface area contributed by atoms with Crippen LogP contribution in [0.1, 0.15) is 76.3 Å². The first kappa shape index (κ1) is 37.4. The Labute approximate surface area is 261 Å². The van der Waals surface area contributed by atoms with Crippen LogP contribution in [0, 0.1) is 6.92 Å². The van der Waals surface area contributed by atoms with E-state index in [0.29, 0.717) is 21.7 Å². The quantitative estimate of drug-likeness (QED) is 0.135. The van der Waals surface area contributed by atoms with Gasteiger partial charge in [0, 0.05) is 30.1 Å². The average molecular weight is 604 g/mol. The van der Waals surface area contributed by atoms with Crippen LogP contribution in [-0.4, -0.2) is 33.9 Å². The fraction of sp³-hybridized carbons (Fsp3) is 0.333. The second-order valence-corrected chi connectivity index (χ2v) is 12.0. The summed E-state index contributed by atoms with van der Waals surface area (Å²) < 4.78 is 15.4. The van der Waals surface area contributed by atoms with Crippen molar-refractivity contribution in [3.8, 4) is 0 Å². The van der Waals surface area contributed by atoms with E-state index < -0.39 is 22.4 Å². The SMILES string of the molecule is C=C/C(=C\C=NC)c1ccc(CC)cc1.CC.CC(=O)C(O)(c1ccc(S(=O)NC(C)(C)C)cc1)c1cc(N)ccc1C. The summed E-state index contributed by atoms with van der Waals surface area (Å²) in [5.74, 6) is -0.409. The van der Waals surface area contributed by atoms with Crippen molar-refractivity contribution < 1.29 is 14.1 Å². The average Bonchev–Trinajstić information content (AvgIpc) is 2.99. The van der Waals surface area contributed by atoms with E-state index in [2.05, 4.69) is 47.5 Å². The standard InChI is InChI=1S/C20H26N2O3S.C14H17N.C2H6/c1-13-6-9-16(21)12-18(13)20(24,14(2)23)15-7-10-17(11-8-15)26(25)22-19(3,4)5;1-4-12-6-8-14(9-7-12)13(5-2)10-11-15-3;1-2/h6-12,22,24H,21H2,1-5H3;5-11H,2,4H2,1,3H3;1-2H3/b;13-10+,15-11?;. The Bertz CT molecular complexity index is 1420. The maximum Gasteiger partial charge on any atom is 0.173 e. The Hall–Kier alpha value is -3.65. The lowest BCUT2D eigenvalue weighted by Gasteiger charge is -2.28. The van der Waals surface area contributed by atoms with Gasteiger partial charge in [0.15, 0.2) is 11.4 Å². The van der Waals surface area contributed by atoms with E-state index in [4.69, 9.17) is 5.73 Å². The summed E-state index contributed by atoms with van der Waals surface area (Å²) in [5.41, 5.74) is 9.47. The summed E-state index contributed by atoms with van der Waals surface area (Å²) in [7, 11) is 0.374. The number of Topliss-reactive ketones (excluding diaryl/α,β-unsaturated/α-hetero) is 1. The van der Waals surface area contributed by atoms with Gasteiger partial charge in [0.05, 0.1) is 4.90 Å². The number of nitrogen functional groups attached to an aromatic ring is 1. The second kappa shape index (κ2) is 17.5. The molecule has 3 rings (SSSR count). The molecule has 43 heavy (non-hydrogen) atoms. The lowest BCUT2D eigenvalue weighted by Crippen LogP contribution is -2.37. The number of nitrogens with one attached hydrogen (secondary N) is 1. The Morgan fingerprint density at radius 1 is 1.05 bits per heavy atom. The van der Waals surface area contributed by atoms with Crippen molar-refractivity contribution >= 4 is 34.2 Å². The number of nitrogens with zero attached hydrogens (tertiary/aromatic N) is 1. The molecule has 0 aromatic heterocycles. The summed E-state index contributed by atoms with van der Waals surface area (Å²) in [6.07, 6.45) is 6.67. The van der Waals surface area contributed by atoms with E-state index in [0.717, 1.165) is 17.6 Å². The van der Waals surface area contributed by atoms with Gasteiger partial charge in [0.25, 0.3) is 0 Å². The van der Waals surface area contributed by atoms with Gasteiger partial charge in [-0.05, 0) is 99.2 Å². The van der Waals surface area contributed by atoms with Crippen molar-refractivity contribution in [3.05, 3.63) is 113 Å². The molecule has 0 bridgehead atoms. The van der Waals surface area contributed by atoms with E-state index in [-0.39, 0.29) is 5.54 Å². The molecule has 7 heteroatoms. The molecule has 0 spiro atoms. The van der Waals surface area contributed by atoms with Crippen molar-refractivity contribution in [1.82, 2.24) is 4.72 Å². The Balaban J connectivity index is 0.000000462. The molecule has 0 aliphatic carbocycles. The number of hydrogen-bond acceptors (Lipinski definition) is 5. The highest BCUT2D eigenvalue weighted by atomic mass is 32.2. The molecular formula is C36H49N3O3S. The number of aryl methyl sites for hydroxylation is 2. The molecule has 6 nitrogen and oxygen atoms in total. The van der Waals surface area contributed by atoms with Crippen LogP contribution in [-0.2, 0) is 27.8 Å². The normalized spacial score (nSPS) is 13.6. The number of nitrogens with two attached hydrogens (primary N) is 1. The van der Waals surface area contributed by atoms with Gasteiger partial charge in [-0.3, -0.25) is 9.79 Å². The first-order valence-corrected chi connectivity index (χ1v) is 15.7. The third-order valence-electron chi connectivity index (χ3n) is 6.36. The minimum absolute atomic E-state index is 0.303. The zero-order valence-electron chi connectivity index (χ0n) is 27.2. The fourth-order valence-electron chi connectivity index (χ4n) is 4.10. The number of ketones is 1. The van der Waals surface area contributed by atoms with Gasteiger partial charge < -0.3 is 10.8 Å². The lowest BCUT2D eigenvalue weighted by atomic mass is 9.81. The molecule has 0 fully saturated rings. The Morgan fingerprint density at radius 3 is 2.09 bits per heavy atom. The number of aliphatic imine (C=N–C) groups is 1. The largest absolute Gasteiger partial charge is 0.399 e. The van der Waals surface area contributed by atoms with Crippen LogP contribution in [0.3, 0.4) is 0 Å². The minimum atomic E-state index is -1.81. The van der Waals surface area contributed by atoms with Crippen molar-refractivity contribution in [3.63, 3.8) is 0 Å². The molecule has 0 aliphatic heterocycles. The van der Waals surface area contributed by atoms with Crippen LogP contribution in [0.2, 0.25) is 0 Å². The summed E-state index contributed by atoms with van der Waals surface area (Å²) in [4.78, 5) is 16.9. The number of aliphatic hydroxyl groups is 1. The number of anilines is 1. The maximum absolute atomic E-state index is 12.4. The number of allylic oxidation sites excluding steroid dienone is 3. The van der Waals surface area contributed by atoms with Crippen LogP contribution in [0.4, 0.5) is 5.69 Å². The summed E-state index contributed by atoms with van der Waals surface area (Å²) in [5, 5.41) is 11.3. The molecule has 232 valence electrons. The molecule has 3 aromatic rings. The first-order valence-electron chi connectivity index (χ1n) is 14.5. The maximum atomic E-state index is 12.4. The predicted molar refractivity (Wildman–Crippen MR) is 185 cm³/mol. The molecule has 0 amide bonds. The topological polar surface area (TPSA) is 105 Å². The van der Waals surface area contributed by atoms with E-state index in [1.54, 1.807) is 55.7 Å². The Morgan fingerprint density at radius 2 is 1.63 bits per heavy atom. The van der Waals surface area contributed by atoms with Gasteiger partial charge >= 0.3 is 0 Å². The number of hydrogen-bond donors (Lipinski definition) is 3. The van der Waals surface area contributed by atoms with Gasteiger partial charge in [0.1, 0.15) is 11.0 Å². The molecule has 3 aromatic carbocycles. The highest BCUT2D eigenvalue weighted by Gasteiger charge is 2.38. The van der Waals surface area contributed by atoms with Crippen molar-refractivity contribution in [2.24, 2.45) is 4.99 Å². The lowest BCUT2D eigenvalue weighted by molar-refractivity contribution is -0.132. The highest BCUT2D eigenvalue weighted by Crippen LogP contribution is 2.34.